The number of pyridine rings is 1. The van der Waals surface area contributed by atoms with E-state index in [2.05, 4.69) is 4.98 Å². The molecule has 0 radical (unpaired) electrons. The number of H-pyrrole nitrogens is 1. The number of amides is 1. The number of hydrogen-bond donors (Lipinski definition) is 2. The van der Waals surface area contributed by atoms with Gasteiger partial charge in [-0.1, -0.05) is 30.3 Å². The van der Waals surface area contributed by atoms with Crippen molar-refractivity contribution in [3.8, 4) is 0 Å². The highest BCUT2D eigenvalue weighted by Crippen LogP contribution is 2.05. The number of carbonyl (C=O) groups excluding carboxylic acids is 1. The summed E-state index contributed by atoms with van der Waals surface area (Å²) in [6, 6.07) is 12.9. The predicted octanol–water partition coefficient (Wildman–Crippen LogP) is 1.02. The molecule has 2 rings (SSSR count). The molecule has 0 spiro atoms. The third kappa shape index (κ3) is 4.29. The molecular weight excluding hydrogens is 266 g/mol. The molecule has 21 heavy (non-hydrogen) atoms. The first-order valence-electron chi connectivity index (χ1n) is 6.92. The zero-order chi connectivity index (χ0) is 15.1. The normalized spacial score (nSPS) is 10.3. The number of nitrogens with zero attached hydrogens (tertiary/aromatic N) is 1. The molecule has 0 atom stereocenters. The second-order valence-corrected chi connectivity index (χ2v) is 4.76. The molecule has 0 aliphatic carbocycles. The SMILES string of the molecule is NCCN(CCc1ccccc1)C(=O)c1cc[nH]c(=O)c1. The zero-order valence-electron chi connectivity index (χ0n) is 11.8. The molecule has 0 unspecified atom stereocenters. The summed E-state index contributed by atoms with van der Waals surface area (Å²) in [5, 5.41) is 0. The third-order valence-corrected chi connectivity index (χ3v) is 3.22. The van der Waals surface area contributed by atoms with Crippen molar-refractivity contribution in [1.82, 2.24) is 9.88 Å². The summed E-state index contributed by atoms with van der Waals surface area (Å²) in [4.78, 5) is 27.9. The molecule has 3 N–H and O–H groups in total. The summed E-state index contributed by atoms with van der Waals surface area (Å²) in [6.07, 6.45) is 2.24. The van der Waals surface area contributed by atoms with Gasteiger partial charge in [0.25, 0.3) is 5.91 Å². The molecule has 0 aliphatic rings. The Morgan fingerprint density at radius 3 is 2.57 bits per heavy atom. The van der Waals surface area contributed by atoms with Crippen molar-refractivity contribution >= 4 is 5.91 Å². The lowest BCUT2D eigenvalue weighted by Gasteiger charge is -2.22. The van der Waals surface area contributed by atoms with Gasteiger partial charge in [-0.05, 0) is 18.1 Å². The van der Waals surface area contributed by atoms with E-state index in [1.807, 2.05) is 30.3 Å². The largest absolute Gasteiger partial charge is 0.337 e. The highest BCUT2D eigenvalue weighted by Gasteiger charge is 2.15. The van der Waals surface area contributed by atoms with Gasteiger partial charge in [0.15, 0.2) is 0 Å². The second kappa shape index (κ2) is 7.40. The Labute approximate surface area is 123 Å². The number of nitrogens with one attached hydrogen (secondary N) is 1. The van der Waals surface area contributed by atoms with Crippen molar-refractivity contribution in [3.63, 3.8) is 0 Å². The fourth-order valence-corrected chi connectivity index (χ4v) is 2.14. The number of aromatic nitrogens is 1. The lowest BCUT2D eigenvalue weighted by Crippen LogP contribution is -2.37. The van der Waals surface area contributed by atoms with Crippen LogP contribution in [0.3, 0.4) is 0 Å². The van der Waals surface area contributed by atoms with E-state index >= 15 is 0 Å². The molecule has 110 valence electrons. The first kappa shape index (κ1) is 15.0. The predicted molar refractivity (Wildman–Crippen MR) is 82.2 cm³/mol. The first-order valence-corrected chi connectivity index (χ1v) is 6.92. The van der Waals surface area contributed by atoms with Crippen molar-refractivity contribution < 1.29 is 4.79 Å². The highest BCUT2D eigenvalue weighted by molar-refractivity contribution is 5.94. The summed E-state index contributed by atoms with van der Waals surface area (Å²) >= 11 is 0. The average Bonchev–Trinajstić information content (AvgIpc) is 2.52. The van der Waals surface area contributed by atoms with Crippen LogP contribution in [-0.2, 0) is 6.42 Å². The second-order valence-electron chi connectivity index (χ2n) is 4.76. The van der Waals surface area contributed by atoms with Crippen LogP contribution < -0.4 is 11.3 Å². The van der Waals surface area contributed by atoms with Crippen LogP contribution in [0.25, 0.3) is 0 Å². The van der Waals surface area contributed by atoms with Crippen LogP contribution >= 0.6 is 0 Å². The topological polar surface area (TPSA) is 79.2 Å². The van der Waals surface area contributed by atoms with Crippen molar-refractivity contribution in [2.75, 3.05) is 19.6 Å². The Hall–Kier alpha value is -2.40. The van der Waals surface area contributed by atoms with Crippen molar-refractivity contribution in [2.24, 2.45) is 5.73 Å². The molecular formula is C16H19N3O2. The maximum absolute atomic E-state index is 12.4. The molecule has 5 heteroatoms. The maximum atomic E-state index is 12.4. The van der Waals surface area contributed by atoms with Crippen LogP contribution in [0.15, 0.2) is 53.5 Å². The van der Waals surface area contributed by atoms with E-state index in [-0.39, 0.29) is 11.5 Å². The number of nitrogens with two attached hydrogens (primary N) is 1. The Morgan fingerprint density at radius 2 is 1.90 bits per heavy atom. The molecule has 1 amide bonds. The minimum absolute atomic E-state index is 0.164. The summed E-state index contributed by atoms with van der Waals surface area (Å²) in [6.45, 7) is 1.44. The fourth-order valence-electron chi connectivity index (χ4n) is 2.14. The Balaban J connectivity index is 2.07. The van der Waals surface area contributed by atoms with E-state index < -0.39 is 0 Å². The molecule has 5 nitrogen and oxygen atoms in total. The molecule has 0 aliphatic heterocycles. The summed E-state index contributed by atoms with van der Waals surface area (Å²) in [7, 11) is 0. The van der Waals surface area contributed by atoms with E-state index in [9.17, 15) is 9.59 Å². The Morgan fingerprint density at radius 1 is 1.14 bits per heavy atom. The number of carbonyl (C=O) groups is 1. The van der Waals surface area contributed by atoms with E-state index in [1.165, 1.54) is 17.8 Å². The van der Waals surface area contributed by atoms with Gasteiger partial charge >= 0.3 is 0 Å². The van der Waals surface area contributed by atoms with Gasteiger partial charge in [-0.25, -0.2) is 0 Å². The number of benzene rings is 1. The van der Waals surface area contributed by atoms with Crippen molar-refractivity contribution in [3.05, 3.63) is 70.1 Å². The molecule has 0 saturated heterocycles. The van der Waals surface area contributed by atoms with Gasteiger partial charge in [0.05, 0.1) is 0 Å². The van der Waals surface area contributed by atoms with Gasteiger partial charge in [0, 0.05) is 37.5 Å². The smallest absolute Gasteiger partial charge is 0.254 e. The molecule has 0 saturated carbocycles. The quantitative estimate of drug-likeness (QED) is 0.831. The van der Waals surface area contributed by atoms with Gasteiger partial charge in [0.2, 0.25) is 5.56 Å². The fraction of sp³-hybridized carbons (Fsp3) is 0.250. The summed E-state index contributed by atoms with van der Waals surface area (Å²) in [5.41, 5.74) is 6.86. The monoisotopic (exact) mass is 285 g/mol. The molecule has 1 aromatic carbocycles. The highest BCUT2D eigenvalue weighted by atomic mass is 16.2. The lowest BCUT2D eigenvalue weighted by molar-refractivity contribution is 0.0762. The molecule has 1 heterocycles. The Bertz CT molecular complexity index is 637. The summed E-state index contributed by atoms with van der Waals surface area (Å²) < 4.78 is 0. The van der Waals surface area contributed by atoms with Crippen molar-refractivity contribution in [2.45, 2.75) is 6.42 Å². The lowest BCUT2D eigenvalue weighted by atomic mass is 10.1. The van der Waals surface area contributed by atoms with Gasteiger partial charge in [0.1, 0.15) is 0 Å². The van der Waals surface area contributed by atoms with E-state index in [1.54, 1.807) is 11.0 Å². The first-order chi connectivity index (χ1) is 10.2. The minimum atomic E-state index is -0.281. The molecule has 0 bridgehead atoms. The van der Waals surface area contributed by atoms with Crippen LogP contribution in [0.1, 0.15) is 15.9 Å². The molecule has 0 fully saturated rings. The van der Waals surface area contributed by atoms with E-state index in [0.29, 0.717) is 25.2 Å². The van der Waals surface area contributed by atoms with Crippen LogP contribution in [-0.4, -0.2) is 35.4 Å². The molecule has 2 aromatic rings. The van der Waals surface area contributed by atoms with Crippen LogP contribution in [0.2, 0.25) is 0 Å². The van der Waals surface area contributed by atoms with E-state index in [4.69, 9.17) is 5.73 Å². The van der Waals surface area contributed by atoms with Crippen molar-refractivity contribution in [1.29, 1.82) is 0 Å². The Kier molecular flexibility index (Phi) is 5.29. The van der Waals surface area contributed by atoms with Gasteiger partial charge in [-0.3, -0.25) is 9.59 Å². The minimum Gasteiger partial charge on any atom is -0.337 e. The van der Waals surface area contributed by atoms with Gasteiger partial charge < -0.3 is 15.6 Å². The van der Waals surface area contributed by atoms with Crippen LogP contribution in [0.5, 0.6) is 0 Å². The summed E-state index contributed by atoms with van der Waals surface area (Å²) in [5.74, 6) is -0.164. The number of hydrogen-bond acceptors (Lipinski definition) is 3. The van der Waals surface area contributed by atoms with E-state index in [0.717, 1.165) is 6.42 Å². The number of aromatic amines is 1. The van der Waals surface area contributed by atoms with Crippen LogP contribution in [0, 0.1) is 0 Å². The maximum Gasteiger partial charge on any atom is 0.254 e. The zero-order valence-corrected chi connectivity index (χ0v) is 11.8. The number of rotatable bonds is 6. The molecule has 1 aromatic heterocycles. The van der Waals surface area contributed by atoms with Gasteiger partial charge in [-0.15, -0.1) is 0 Å². The average molecular weight is 285 g/mol. The van der Waals surface area contributed by atoms with Gasteiger partial charge in [-0.2, -0.15) is 0 Å². The standard InChI is InChI=1S/C16H19N3O2/c17-8-11-19(10-7-13-4-2-1-3-5-13)16(21)14-6-9-18-15(20)12-14/h1-6,9,12H,7-8,10-11,17H2,(H,18,20). The third-order valence-electron chi connectivity index (χ3n) is 3.22. The van der Waals surface area contributed by atoms with Crippen LogP contribution in [0.4, 0.5) is 0 Å².